The first-order chi connectivity index (χ1) is 18.5. The number of ether oxygens (including phenoxy) is 2. The van der Waals surface area contributed by atoms with Crippen molar-refractivity contribution in [3.05, 3.63) is 118 Å². The van der Waals surface area contributed by atoms with E-state index in [1.807, 2.05) is 19.1 Å². The van der Waals surface area contributed by atoms with Gasteiger partial charge in [0, 0.05) is 5.69 Å². The maximum atomic E-state index is 13.7. The van der Waals surface area contributed by atoms with Crippen LogP contribution >= 0.6 is 0 Å². The van der Waals surface area contributed by atoms with Gasteiger partial charge in [0.05, 0.1) is 29.2 Å². The zero-order chi connectivity index (χ0) is 26.6. The van der Waals surface area contributed by atoms with Gasteiger partial charge in [-0.25, -0.2) is 4.79 Å². The summed E-state index contributed by atoms with van der Waals surface area (Å²) in [5.74, 6) is -0.205. The Bertz CT molecular complexity index is 1550. The molecule has 1 unspecified atom stereocenters. The fourth-order valence-corrected chi connectivity index (χ4v) is 4.55. The topological polar surface area (TPSA) is 86.0 Å². The Morgan fingerprint density at radius 1 is 1.03 bits per heavy atom. The number of benzene rings is 3. The Kier molecular flexibility index (Phi) is 7.09. The number of esters is 1. The molecule has 0 fully saturated rings. The van der Waals surface area contributed by atoms with Gasteiger partial charge in [0.15, 0.2) is 5.43 Å². The minimum atomic E-state index is -0.728. The van der Waals surface area contributed by atoms with Crippen LogP contribution in [0.25, 0.3) is 11.0 Å². The van der Waals surface area contributed by atoms with E-state index >= 15 is 0 Å². The standard InChI is InChI=1S/C31H27NO6/c1-3-5-19-37-31(35)21-10-14-22(15-11-21)32-27(20-12-16-23(17-13-20)36-18-4-2)26-28(33)24-8-6-7-9-25(24)38-29(26)30(32)34/h4,6-17,27H,2-3,5,18-19H2,1H3. The molecular formula is C31H27NO6. The van der Waals surface area contributed by atoms with Crippen LogP contribution in [0, 0.1) is 0 Å². The molecule has 0 bridgehead atoms. The van der Waals surface area contributed by atoms with E-state index in [0.717, 1.165) is 12.8 Å². The van der Waals surface area contributed by atoms with Crippen LogP contribution in [0.2, 0.25) is 0 Å². The van der Waals surface area contributed by atoms with Crippen molar-refractivity contribution in [3.63, 3.8) is 0 Å². The third-order valence-electron chi connectivity index (χ3n) is 6.45. The molecule has 192 valence electrons. The van der Waals surface area contributed by atoms with Gasteiger partial charge in [-0.05, 0) is 60.5 Å². The van der Waals surface area contributed by atoms with E-state index in [-0.39, 0.29) is 16.8 Å². The Morgan fingerprint density at radius 3 is 2.47 bits per heavy atom. The highest BCUT2D eigenvalue weighted by Crippen LogP contribution is 2.41. The van der Waals surface area contributed by atoms with E-state index in [1.54, 1.807) is 66.7 Å². The Labute approximate surface area is 219 Å². The second-order valence-electron chi connectivity index (χ2n) is 8.95. The van der Waals surface area contributed by atoms with Crippen molar-refractivity contribution >= 4 is 28.5 Å². The molecular weight excluding hydrogens is 482 g/mol. The maximum absolute atomic E-state index is 13.7. The summed E-state index contributed by atoms with van der Waals surface area (Å²) in [6.45, 7) is 6.40. The molecule has 1 aliphatic heterocycles. The lowest BCUT2D eigenvalue weighted by Crippen LogP contribution is -2.29. The Hall–Kier alpha value is -4.65. The smallest absolute Gasteiger partial charge is 0.338 e. The van der Waals surface area contributed by atoms with Crippen LogP contribution in [0.4, 0.5) is 5.69 Å². The lowest BCUT2D eigenvalue weighted by Gasteiger charge is -2.25. The first kappa shape index (κ1) is 25.0. The monoisotopic (exact) mass is 509 g/mol. The number of nitrogens with zero attached hydrogens (tertiary/aromatic N) is 1. The first-order valence-corrected chi connectivity index (χ1v) is 12.5. The molecule has 7 nitrogen and oxygen atoms in total. The van der Waals surface area contributed by atoms with Crippen molar-refractivity contribution in [3.8, 4) is 5.75 Å². The summed E-state index contributed by atoms with van der Waals surface area (Å²) in [5, 5.41) is 0.405. The van der Waals surface area contributed by atoms with Crippen molar-refractivity contribution in [2.75, 3.05) is 18.1 Å². The molecule has 0 saturated heterocycles. The molecule has 7 heteroatoms. The second-order valence-corrected chi connectivity index (χ2v) is 8.95. The van der Waals surface area contributed by atoms with Crippen molar-refractivity contribution in [1.82, 2.24) is 0 Å². The maximum Gasteiger partial charge on any atom is 0.338 e. The third kappa shape index (κ3) is 4.59. The van der Waals surface area contributed by atoms with Gasteiger partial charge in [-0.3, -0.25) is 14.5 Å². The number of unbranched alkanes of at least 4 members (excludes halogenated alkanes) is 1. The number of hydrogen-bond donors (Lipinski definition) is 0. The number of carbonyl (C=O) groups is 2. The highest BCUT2D eigenvalue weighted by molar-refractivity contribution is 6.10. The van der Waals surface area contributed by atoms with Crippen LogP contribution in [0.15, 0.2) is 94.7 Å². The molecule has 2 heterocycles. The van der Waals surface area contributed by atoms with Gasteiger partial charge in [0.1, 0.15) is 17.9 Å². The van der Waals surface area contributed by atoms with Gasteiger partial charge in [0.2, 0.25) is 5.76 Å². The molecule has 1 amide bonds. The largest absolute Gasteiger partial charge is 0.490 e. The summed E-state index contributed by atoms with van der Waals surface area (Å²) in [6.07, 6.45) is 3.37. The molecule has 3 aromatic carbocycles. The van der Waals surface area contributed by atoms with E-state index in [9.17, 15) is 14.4 Å². The van der Waals surface area contributed by atoms with Gasteiger partial charge in [-0.2, -0.15) is 0 Å². The van der Waals surface area contributed by atoms with Crippen molar-refractivity contribution < 1.29 is 23.5 Å². The van der Waals surface area contributed by atoms with Crippen molar-refractivity contribution in [2.45, 2.75) is 25.8 Å². The van der Waals surface area contributed by atoms with Gasteiger partial charge >= 0.3 is 5.97 Å². The Balaban J connectivity index is 1.58. The van der Waals surface area contributed by atoms with E-state index in [4.69, 9.17) is 13.9 Å². The van der Waals surface area contributed by atoms with Crippen LogP contribution in [0.1, 0.15) is 57.8 Å². The average Bonchev–Trinajstić information content (AvgIpc) is 3.24. The molecule has 0 N–H and O–H groups in total. The van der Waals surface area contributed by atoms with Crippen LogP contribution in [-0.2, 0) is 4.74 Å². The zero-order valence-electron chi connectivity index (χ0n) is 21.0. The van der Waals surface area contributed by atoms with Gasteiger partial charge in [-0.1, -0.05) is 50.3 Å². The number of hydrogen-bond acceptors (Lipinski definition) is 6. The van der Waals surface area contributed by atoms with Crippen LogP contribution in [0.3, 0.4) is 0 Å². The summed E-state index contributed by atoms with van der Waals surface area (Å²) >= 11 is 0. The summed E-state index contributed by atoms with van der Waals surface area (Å²) in [6, 6.07) is 20.0. The third-order valence-corrected chi connectivity index (χ3v) is 6.45. The molecule has 0 saturated carbocycles. The number of anilines is 1. The number of para-hydroxylation sites is 1. The van der Waals surface area contributed by atoms with Crippen molar-refractivity contribution in [2.24, 2.45) is 0 Å². The fraction of sp³-hybridized carbons (Fsp3) is 0.194. The molecule has 0 radical (unpaired) electrons. The summed E-state index contributed by atoms with van der Waals surface area (Å²) in [5.41, 5.74) is 1.99. The number of amides is 1. The molecule has 1 atom stereocenters. The highest BCUT2D eigenvalue weighted by atomic mass is 16.5. The molecule has 5 rings (SSSR count). The van der Waals surface area contributed by atoms with E-state index in [1.165, 1.54) is 4.90 Å². The van der Waals surface area contributed by atoms with Crippen LogP contribution < -0.4 is 15.1 Å². The normalized spacial score (nSPS) is 14.4. The van der Waals surface area contributed by atoms with Gasteiger partial charge in [0.25, 0.3) is 5.91 Å². The molecule has 1 aromatic heterocycles. The first-order valence-electron chi connectivity index (χ1n) is 12.5. The second kappa shape index (κ2) is 10.8. The van der Waals surface area contributed by atoms with Crippen molar-refractivity contribution in [1.29, 1.82) is 0 Å². The zero-order valence-corrected chi connectivity index (χ0v) is 21.0. The SMILES string of the molecule is C=CCOc1ccc(C2c3c(oc4ccccc4c3=O)C(=O)N2c2ccc(C(=O)OCCCC)cc2)cc1. The van der Waals surface area contributed by atoms with E-state index < -0.39 is 17.9 Å². The summed E-state index contributed by atoms with van der Waals surface area (Å²) in [7, 11) is 0. The molecule has 38 heavy (non-hydrogen) atoms. The Morgan fingerprint density at radius 2 is 1.76 bits per heavy atom. The molecule has 0 spiro atoms. The molecule has 1 aliphatic rings. The minimum Gasteiger partial charge on any atom is -0.490 e. The molecule has 4 aromatic rings. The van der Waals surface area contributed by atoms with Crippen LogP contribution in [0.5, 0.6) is 5.75 Å². The predicted octanol–water partition coefficient (Wildman–Crippen LogP) is 6.06. The lowest BCUT2D eigenvalue weighted by atomic mass is 9.98. The quantitative estimate of drug-likeness (QED) is 0.155. The summed E-state index contributed by atoms with van der Waals surface area (Å²) < 4.78 is 16.9. The van der Waals surface area contributed by atoms with Gasteiger partial charge < -0.3 is 13.9 Å². The van der Waals surface area contributed by atoms with E-state index in [0.29, 0.717) is 46.7 Å². The van der Waals surface area contributed by atoms with Gasteiger partial charge in [-0.15, -0.1) is 0 Å². The fourth-order valence-electron chi connectivity index (χ4n) is 4.55. The number of fused-ring (bicyclic) bond motifs is 2. The molecule has 0 aliphatic carbocycles. The highest BCUT2D eigenvalue weighted by Gasteiger charge is 2.43. The number of rotatable bonds is 9. The summed E-state index contributed by atoms with van der Waals surface area (Å²) in [4.78, 5) is 41.3. The lowest BCUT2D eigenvalue weighted by molar-refractivity contribution is 0.0499. The average molecular weight is 510 g/mol. The van der Waals surface area contributed by atoms with E-state index in [2.05, 4.69) is 6.58 Å². The minimum absolute atomic E-state index is 0.00809. The predicted molar refractivity (Wildman–Crippen MR) is 145 cm³/mol. The number of carbonyl (C=O) groups excluding carboxylic acids is 2. The van der Waals surface area contributed by atoms with Crippen LogP contribution in [-0.4, -0.2) is 25.1 Å².